The lowest BCUT2D eigenvalue weighted by molar-refractivity contribution is 0.244. The fourth-order valence-corrected chi connectivity index (χ4v) is 3.22. The third-order valence-electron chi connectivity index (χ3n) is 4.61. The summed E-state index contributed by atoms with van der Waals surface area (Å²) in [5.74, 6) is 6.91. The second-order valence-corrected chi connectivity index (χ2v) is 4.92. The Morgan fingerprint density at radius 1 is 1.15 bits per heavy atom. The highest BCUT2D eigenvalue weighted by Crippen LogP contribution is 2.73. The first-order chi connectivity index (χ1) is 6.15. The average molecular weight is 178 g/mol. The van der Waals surface area contributed by atoms with Gasteiger partial charge in [0.25, 0.3) is 0 Å². The summed E-state index contributed by atoms with van der Waals surface area (Å²) >= 11 is 0. The van der Waals surface area contributed by atoms with Gasteiger partial charge in [-0.15, -0.1) is 11.8 Å². The molecule has 2 atom stereocenters. The normalized spacial score (nSPS) is 48.1. The van der Waals surface area contributed by atoms with Gasteiger partial charge in [0.2, 0.25) is 0 Å². The third kappa shape index (κ3) is 1.05. The second-order valence-electron chi connectivity index (χ2n) is 4.92. The molecule has 2 aliphatic carbocycles. The molecule has 0 aromatic carbocycles. The summed E-state index contributed by atoms with van der Waals surface area (Å²) in [5, 5.41) is 9.31. The molecule has 72 valence electrons. The number of fused-ring (bicyclic) bond motifs is 1. The van der Waals surface area contributed by atoms with E-state index >= 15 is 0 Å². The van der Waals surface area contributed by atoms with Crippen LogP contribution in [0.4, 0.5) is 0 Å². The molecule has 0 amide bonds. The van der Waals surface area contributed by atoms with Gasteiger partial charge in [0.05, 0.1) is 0 Å². The molecule has 0 saturated heterocycles. The SMILES string of the molecule is CC12CCC#CCCC1(C)C2CO. The van der Waals surface area contributed by atoms with Crippen LogP contribution in [0, 0.1) is 28.6 Å². The van der Waals surface area contributed by atoms with Gasteiger partial charge in [0.1, 0.15) is 0 Å². The van der Waals surface area contributed by atoms with E-state index in [-0.39, 0.29) is 0 Å². The number of aliphatic hydroxyl groups is 1. The second kappa shape index (κ2) is 2.75. The summed E-state index contributed by atoms with van der Waals surface area (Å²) in [4.78, 5) is 0. The standard InChI is InChI=1S/C12H18O/c1-11-7-5-3-4-6-8-12(11,2)10(11)9-13/h10,13H,5-9H2,1-2H3. The van der Waals surface area contributed by atoms with E-state index in [1.165, 1.54) is 12.8 Å². The van der Waals surface area contributed by atoms with Crippen molar-refractivity contribution in [2.24, 2.45) is 16.7 Å². The molecule has 13 heavy (non-hydrogen) atoms. The Labute approximate surface area is 80.5 Å². The summed E-state index contributed by atoms with van der Waals surface area (Å²) in [7, 11) is 0. The molecule has 0 heterocycles. The molecule has 1 heteroatoms. The zero-order chi connectivity index (χ0) is 9.53. The molecule has 0 bridgehead atoms. The molecule has 0 spiro atoms. The number of hydrogen-bond donors (Lipinski definition) is 1. The topological polar surface area (TPSA) is 20.2 Å². The van der Waals surface area contributed by atoms with Gasteiger partial charge in [-0.25, -0.2) is 0 Å². The molecule has 1 saturated carbocycles. The Bertz CT molecular complexity index is 249. The van der Waals surface area contributed by atoms with Crippen molar-refractivity contribution in [3.8, 4) is 11.8 Å². The van der Waals surface area contributed by atoms with E-state index in [1.54, 1.807) is 0 Å². The Balaban J connectivity index is 2.19. The molecule has 0 aromatic heterocycles. The highest BCUT2D eigenvalue weighted by atomic mass is 16.3. The largest absolute Gasteiger partial charge is 0.396 e. The van der Waals surface area contributed by atoms with E-state index in [4.69, 9.17) is 0 Å². The van der Waals surface area contributed by atoms with E-state index in [0.29, 0.717) is 23.4 Å². The van der Waals surface area contributed by atoms with Crippen LogP contribution in [-0.4, -0.2) is 11.7 Å². The first-order valence-electron chi connectivity index (χ1n) is 5.22. The van der Waals surface area contributed by atoms with Gasteiger partial charge >= 0.3 is 0 Å². The molecule has 1 fully saturated rings. The summed E-state index contributed by atoms with van der Waals surface area (Å²) < 4.78 is 0. The molecule has 1 nitrogen and oxygen atoms in total. The molecular formula is C12H18O. The van der Waals surface area contributed by atoms with Crippen molar-refractivity contribution in [2.75, 3.05) is 6.61 Å². The number of hydrogen-bond acceptors (Lipinski definition) is 1. The fourth-order valence-electron chi connectivity index (χ4n) is 3.22. The van der Waals surface area contributed by atoms with Crippen LogP contribution < -0.4 is 0 Å². The lowest BCUT2D eigenvalue weighted by Crippen LogP contribution is -2.08. The van der Waals surface area contributed by atoms with Crippen molar-refractivity contribution >= 4 is 0 Å². The number of aliphatic hydroxyl groups excluding tert-OH is 1. The number of rotatable bonds is 1. The van der Waals surface area contributed by atoms with Crippen LogP contribution in [0.3, 0.4) is 0 Å². The van der Waals surface area contributed by atoms with Crippen molar-refractivity contribution in [3.05, 3.63) is 0 Å². The Kier molecular flexibility index (Phi) is 1.92. The Morgan fingerprint density at radius 3 is 2.00 bits per heavy atom. The van der Waals surface area contributed by atoms with E-state index in [2.05, 4.69) is 25.7 Å². The van der Waals surface area contributed by atoms with Crippen LogP contribution in [0.5, 0.6) is 0 Å². The maximum Gasteiger partial charge on any atom is 0.0470 e. The minimum atomic E-state index is 0.354. The van der Waals surface area contributed by atoms with Crippen LogP contribution in [0.25, 0.3) is 0 Å². The van der Waals surface area contributed by atoms with Crippen molar-refractivity contribution in [1.82, 2.24) is 0 Å². The Hall–Kier alpha value is -0.480. The summed E-state index contributed by atoms with van der Waals surface area (Å²) in [6, 6.07) is 0. The van der Waals surface area contributed by atoms with Crippen LogP contribution >= 0.6 is 0 Å². The van der Waals surface area contributed by atoms with Crippen LogP contribution in [0.1, 0.15) is 39.5 Å². The van der Waals surface area contributed by atoms with Crippen molar-refractivity contribution < 1.29 is 5.11 Å². The monoisotopic (exact) mass is 178 g/mol. The molecule has 0 aliphatic heterocycles. The van der Waals surface area contributed by atoms with Crippen molar-refractivity contribution in [2.45, 2.75) is 39.5 Å². The maximum atomic E-state index is 9.31. The zero-order valence-electron chi connectivity index (χ0n) is 8.56. The summed E-state index contributed by atoms with van der Waals surface area (Å²) in [6.45, 7) is 4.99. The fraction of sp³-hybridized carbons (Fsp3) is 0.833. The van der Waals surface area contributed by atoms with E-state index in [1.807, 2.05) is 0 Å². The minimum Gasteiger partial charge on any atom is -0.396 e. The van der Waals surface area contributed by atoms with Gasteiger partial charge in [-0.3, -0.25) is 0 Å². The van der Waals surface area contributed by atoms with Crippen LogP contribution in [-0.2, 0) is 0 Å². The molecule has 2 aliphatic rings. The van der Waals surface area contributed by atoms with Crippen molar-refractivity contribution in [1.29, 1.82) is 0 Å². The van der Waals surface area contributed by atoms with Gasteiger partial charge in [-0.1, -0.05) is 13.8 Å². The quantitative estimate of drug-likeness (QED) is 0.610. The minimum absolute atomic E-state index is 0.354. The first kappa shape index (κ1) is 9.09. The lowest BCUT2D eigenvalue weighted by atomic mass is 9.87. The van der Waals surface area contributed by atoms with Crippen LogP contribution in [0.15, 0.2) is 0 Å². The van der Waals surface area contributed by atoms with Gasteiger partial charge < -0.3 is 5.11 Å². The molecule has 2 rings (SSSR count). The van der Waals surface area contributed by atoms with E-state index in [0.717, 1.165) is 12.8 Å². The third-order valence-corrected chi connectivity index (χ3v) is 4.61. The molecule has 1 N–H and O–H groups in total. The summed E-state index contributed by atoms with van der Waals surface area (Å²) in [6.07, 6.45) is 4.37. The van der Waals surface area contributed by atoms with E-state index in [9.17, 15) is 5.11 Å². The highest BCUT2D eigenvalue weighted by Gasteiger charge is 2.68. The highest BCUT2D eigenvalue weighted by molar-refractivity contribution is 5.20. The first-order valence-corrected chi connectivity index (χ1v) is 5.22. The van der Waals surface area contributed by atoms with Gasteiger partial charge in [-0.2, -0.15) is 0 Å². The van der Waals surface area contributed by atoms with Gasteiger partial charge in [-0.05, 0) is 29.6 Å². The average Bonchev–Trinajstić information content (AvgIpc) is 2.51. The molecule has 2 unspecified atom stereocenters. The smallest absolute Gasteiger partial charge is 0.0470 e. The predicted molar refractivity (Wildman–Crippen MR) is 53.0 cm³/mol. The molecular weight excluding hydrogens is 160 g/mol. The van der Waals surface area contributed by atoms with Gasteiger partial charge in [0, 0.05) is 19.4 Å². The van der Waals surface area contributed by atoms with Crippen LogP contribution in [0.2, 0.25) is 0 Å². The van der Waals surface area contributed by atoms with Crippen molar-refractivity contribution in [3.63, 3.8) is 0 Å². The summed E-state index contributed by atoms with van der Waals surface area (Å²) in [5.41, 5.74) is 0.744. The van der Waals surface area contributed by atoms with E-state index < -0.39 is 0 Å². The van der Waals surface area contributed by atoms with Gasteiger partial charge in [0.15, 0.2) is 0 Å². The Morgan fingerprint density at radius 2 is 1.62 bits per heavy atom. The zero-order valence-corrected chi connectivity index (χ0v) is 8.56. The molecule has 0 radical (unpaired) electrons. The lowest BCUT2D eigenvalue weighted by Gasteiger charge is -2.17. The maximum absolute atomic E-state index is 9.31. The molecule has 0 aromatic rings. The predicted octanol–water partition coefficient (Wildman–Crippen LogP) is 2.20.